The van der Waals surface area contributed by atoms with Gasteiger partial charge in [0.2, 0.25) is 0 Å². The highest BCUT2D eigenvalue weighted by atomic mass is 16.3. The molecule has 1 unspecified atom stereocenters. The molecule has 1 aliphatic carbocycles. The van der Waals surface area contributed by atoms with E-state index in [1.165, 1.54) is 135 Å². The molecular weight excluding hydrogens is 420 g/mol. The van der Waals surface area contributed by atoms with Crippen LogP contribution in [0, 0.1) is 11.3 Å². The fourth-order valence-electron chi connectivity index (χ4n) is 6.57. The van der Waals surface area contributed by atoms with Crippen LogP contribution in [0.2, 0.25) is 0 Å². The fourth-order valence-corrected chi connectivity index (χ4v) is 6.57. The van der Waals surface area contributed by atoms with Crippen LogP contribution in [0.1, 0.15) is 167 Å². The van der Waals surface area contributed by atoms with E-state index in [2.05, 4.69) is 0 Å². The predicted octanol–water partition coefficient (Wildman–Crippen LogP) is 8.72. The molecule has 1 atom stereocenters. The van der Waals surface area contributed by atoms with Gasteiger partial charge < -0.3 is 15.3 Å². The third-order valence-corrected chi connectivity index (χ3v) is 8.79. The second-order valence-corrected chi connectivity index (χ2v) is 11.5. The third-order valence-electron chi connectivity index (χ3n) is 8.79. The van der Waals surface area contributed by atoms with Gasteiger partial charge in [-0.25, -0.2) is 0 Å². The average Bonchev–Trinajstić information content (AvgIpc) is 2.83. The number of aliphatic hydroxyl groups excluding tert-OH is 3. The predicted molar refractivity (Wildman–Crippen MR) is 147 cm³/mol. The molecule has 1 saturated carbocycles. The Hall–Kier alpha value is -0.120. The zero-order chi connectivity index (χ0) is 24.6. The van der Waals surface area contributed by atoms with E-state index in [0.717, 1.165) is 32.1 Å². The van der Waals surface area contributed by atoms with Gasteiger partial charge in [-0.1, -0.05) is 135 Å². The van der Waals surface area contributed by atoms with Crippen LogP contribution in [0.4, 0.5) is 0 Å². The van der Waals surface area contributed by atoms with Crippen LogP contribution in [-0.4, -0.2) is 35.1 Å². The van der Waals surface area contributed by atoms with Crippen molar-refractivity contribution in [2.45, 2.75) is 167 Å². The van der Waals surface area contributed by atoms with Crippen molar-refractivity contribution in [3.8, 4) is 0 Å². The molecule has 0 aromatic rings. The van der Waals surface area contributed by atoms with E-state index < -0.39 is 0 Å². The molecule has 1 aliphatic rings. The highest BCUT2D eigenvalue weighted by molar-refractivity contribution is 4.87. The summed E-state index contributed by atoms with van der Waals surface area (Å²) >= 11 is 0. The standard InChI is InChI=1S/C31H62O3/c32-27-23-30-22-20-18-16-14-12-10-8-6-4-2-1-3-5-7-9-11-13-15-17-19-21-24-31(30,25-28-33)26-29-34/h30,32-34H,1-29H2. The van der Waals surface area contributed by atoms with Crippen molar-refractivity contribution in [3.05, 3.63) is 0 Å². The first kappa shape index (κ1) is 31.9. The molecule has 3 nitrogen and oxygen atoms in total. The molecule has 0 radical (unpaired) electrons. The van der Waals surface area contributed by atoms with E-state index in [1.807, 2.05) is 0 Å². The molecule has 204 valence electrons. The van der Waals surface area contributed by atoms with Crippen molar-refractivity contribution in [3.63, 3.8) is 0 Å². The van der Waals surface area contributed by atoms with Crippen LogP contribution in [0.3, 0.4) is 0 Å². The smallest absolute Gasteiger partial charge is 0.0436 e. The lowest BCUT2D eigenvalue weighted by Crippen LogP contribution is -2.34. The summed E-state index contributed by atoms with van der Waals surface area (Å²) < 4.78 is 0. The lowest BCUT2D eigenvalue weighted by Gasteiger charge is -2.41. The summed E-state index contributed by atoms with van der Waals surface area (Å²) in [6.07, 6.45) is 33.4. The Morgan fingerprint density at radius 1 is 0.412 bits per heavy atom. The number of hydrogen-bond donors (Lipinski definition) is 3. The summed E-state index contributed by atoms with van der Waals surface area (Å²) in [4.78, 5) is 0. The fraction of sp³-hybridized carbons (Fsp3) is 1.00. The van der Waals surface area contributed by atoms with Gasteiger partial charge in [-0.15, -0.1) is 0 Å². The van der Waals surface area contributed by atoms with Crippen molar-refractivity contribution in [1.82, 2.24) is 0 Å². The van der Waals surface area contributed by atoms with E-state index in [1.54, 1.807) is 0 Å². The summed E-state index contributed by atoms with van der Waals surface area (Å²) in [7, 11) is 0. The Labute approximate surface area is 213 Å². The van der Waals surface area contributed by atoms with Crippen LogP contribution in [0.25, 0.3) is 0 Å². The van der Waals surface area contributed by atoms with Gasteiger partial charge in [0.05, 0.1) is 0 Å². The molecule has 0 spiro atoms. The highest BCUT2D eigenvalue weighted by Crippen LogP contribution is 2.44. The van der Waals surface area contributed by atoms with Crippen LogP contribution >= 0.6 is 0 Å². The number of rotatable bonds is 6. The first-order chi connectivity index (χ1) is 16.8. The maximum absolute atomic E-state index is 9.90. The summed E-state index contributed by atoms with van der Waals surface area (Å²) in [5.74, 6) is 0.422. The summed E-state index contributed by atoms with van der Waals surface area (Å²) in [5, 5.41) is 29.6. The Morgan fingerprint density at radius 3 is 1.06 bits per heavy atom. The molecule has 34 heavy (non-hydrogen) atoms. The van der Waals surface area contributed by atoms with Crippen LogP contribution in [0.5, 0.6) is 0 Å². The molecular formula is C31H62O3. The van der Waals surface area contributed by atoms with Gasteiger partial charge in [0.1, 0.15) is 0 Å². The van der Waals surface area contributed by atoms with Gasteiger partial charge in [-0.05, 0) is 43.4 Å². The Morgan fingerprint density at radius 2 is 0.735 bits per heavy atom. The van der Waals surface area contributed by atoms with Gasteiger partial charge in [0.15, 0.2) is 0 Å². The van der Waals surface area contributed by atoms with Gasteiger partial charge in [-0.2, -0.15) is 0 Å². The van der Waals surface area contributed by atoms with Gasteiger partial charge in [0, 0.05) is 19.8 Å². The van der Waals surface area contributed by atoms with Crippen LogP contribution in [-0.2, 0) is 0 Å². The van der Waals surface area contributed by atoms with Gasteiger partial charge >= 0.3 is 0 Å². The molecule has 0 aliphatic heterocycles. The second kappa shape index (κ2) is 23.3. The Bertz CT molecular complexity index is 405. The topological polar surface area (TPSA) is 60.7 Å². The largest absolute Gasteiger partial charge is 0.396 e. The van der Waals surface area contributed by atoms with Crippen LogP contribution < -0.4 is 0 Å². The molecule has 3 N–H and O–H groups in total. The highest BCUT2D eigenvalue weighted by Gasteiger charge is 2.36. The molecule has 0 bridgehead atoms. The number of aliphatic hydroxyl groups is 3. The molecule has 0 aromatic carbocycles. The van der Waals surface area contributed by atoms with Gasteiger partial charge in [-0.3, -0.25) is 0 Å². The second-order valence-electron chi connectivity index (χ2n) is 11.5. The molecule has 0 aromatic heterocycles. The lowest BCUT2D eigenvalue weighted by molar-refractivity contribution is 0.0382. The molecule has 0 amide bonds. The average molecular weight is 483 g/mol. The van der Waals surface area contributed by atoms with E-state index >= 15 is 0 Å². The zero-order valence-corrected chi connectivity index (χ0v) is 22.9. The Balaban J connectivity index is 2.58. The minimum atomic E-state index is -0.00149. The van der Waals surface area contributed by atoms with E-state index in [-0.39, 0.29) is 25.2 Å². The summed E-state index contributed by atoms with van der Waals surface area (Å²) in [6.45, 7) is 0.618. The lowest BCUT2D eigenvalue weighted by atomic mass is 9.65. The van der Waals surface area contributed by atoms with Crippen molar-refractivity contribution in [2.75, 3.05) is 19.8 Å². The monoisotopic (exact) mass is 482 g/mol. The van der Waals surface area contributed by atoms with Crippen molar-refractivity contribution in [2.24, 2.45) is 11.3 Å². The van der Waals surface area contributed by atoms with Crippen molar-refractivity contribution < 1.29 is 15.3 Å². The minimum Gasteiger partial charge on any atom is -0.396 e. The van der Waals surface area contributed by atoms with E-state index in [9.17, 15) is 15.3 Å². The maximum atomic E-state index is 9.90. The van der Waals surface area contributed by atoms with Crippen LogP contribution in [0.15, 0.2) is 0 Å². The summed E-state index contributed by atoms with van der Waals surface area (Å²) in [6, 6.07) is 0. The summed E-state index contributed by atoms with van der Waals surface area (Å²) in [5.41, 5.74) is -0.00149. The van der Waals surface area contributed by atoms with Crippen molar-refractivity contribution >= 4 is 0 Å². The third kappa shape index (κ3) is 15.8. The Kier molecular flexibility index (Phi) is 21.9. The zero-order valence-electron chi connectivity index (χ0n) is 22.9. The first-order valence-electron chi connectivity index (χ1n) is 15.6. The molecule has 0 heterocycles. The molecule has 0 saturated heterocycles. The quantitative estimate of drug-likeness (QED) is 0.354. The molecule has 3 heteroatoms. The molecule has 1 fully saturated rings. The minimum absolute atomic E-state index is 0.00149. The van der Waals surface area contributed by atoms with Gasteiger partial charge in [0.25, 0.3) is 0 Å². The SMILES string of the molecule is OCCC1CCCCCCCCCCCCCCCCCCCCCCCC1(CCO)CCO. The van der Waals surface area contributed by atoms with E-state index in [0.29, 0.717) is 5.92 Å². The van der Waals surface area contributed by atoms with E-state index in [4.69, 9.17) is 0 Å². The normalized spacial score (nSPS) is 24.6. The number of hydrogen-bond acceptors (Lipinski definition) is 3. The maximum Gasteiger partial charge on any atom is 0.0436 e. The first-order valence-corrected chi connectivity index (χ1v) is 15.6. The van der Waals surface area contributed by atoms with Crippen molar-refractivity contribution in [1.29, 1.82) is 0 Å². The molecule has 1 rings (SSSR count).